The number of alkyl halides is 3. The van der Waals surface area contributed by atoms with E-state index in [9.17, 15) is 22.4 Å². The molecule has 0 aromatic heterocycles. The Morgan fingerprint density at radius 3 is 2.20 bits per heavy atom. The maximum absolute atomic E-state index is 13.3. The summed E-state index contributed by atoms with van der Waals surface area (Å²) in [7, 11) is 0. The zero-order valence-electron chi connectivity index (χ0n) is 11.0. The molecule has 1 aliphatic rings. The summed E-state index contributed by atoms with van der Waals surface area (Å²) in [6.45, 7) is 3.06. The average Bonchev–Trinajstić information content (AvgIpc) is 2.54. The summed E-state index contributed by atoms with van der Waals surface area (Å²) in [6, 6.07) is 2.10. The number of rotatable bonds is 2. The lowest BCUT2D eigenvalue weighted by atomic mass is 9.94. The molecule has 1 unspecified atom stereocenters. The Hall–Kier alpha value is -1.63. The highest BCUT2D eigenvalue weighted by molar-refractivity contribution is 5.83. The molecule has 1 heterocycles. The highest BCUT2D eigenvalue weighted by Crippen LogP contribution is 2.40. The number of amides is 1. The normalized spacial score (nSPS) is 20.8. The number of hydrazine groups is 1. The van der Waals surface area contributed by atoms with E-state index >= 15 is 0 Å². The second kappa shape index (κ2) is 4.73. The molecule has 0 radical (unpaired) electrons. The second-order valence-corrected chi connectivity index (χ2v) is 5.45. The minimum atomic E-state index is -4.58. The first-order valence-electron chi connectivity index (χ1n) is 6.01. The number of nitrogens with zero attached hydrogens (tertiary/aromatic N) is 1. The first kappa shape index (κ1) is 14.8. The van der Waals surface area contributed by atoms with Gasteiger partial charge >= 0.3 is 6.18 Å². The van der Waals surface area contributed by atoms with Crippen LogP contribution in [0.4, 0.5) is 17.6 Å². The van der Waals surface area contributed by atoms with E-state index in [0.29, 0.717) is 0 Å². The number of hydrogen-bond donors (Lipinski definition) is 1. The zero-order valence-corrected chi connectivity index (χ0v) is 11.0. The van der Waals surface area contributed by atoms with E-state index in [-0.39, 0.29) is 12.1 Å². The van der Waals surface area contributed by atoms with Gasteiger partial charge in [-0.2, -0.15) is 13.2 Å². The smallest absolute Gasteiger partial charge is 0.287 e. The Morgan fingerprint density at radius 1 is 1.25 bits per heavy atom. The monoisotopic (exact) mass is 290 g/mol. The Labute approximate surface area is 113 Å². The number of benzene rings is 1. The topological polar surface area (TPSA) is 32.3 Å². The zero-order chi connectivity index (χ0) is 15.1. The molecule has 1 aromatic carbocycles. The van der Waals surface area contributed by atoms with Crippen molar-refractivity contribution in [3.05, 3.63) is 35.6 Å². The fraction of sp³-hybridized carbons (Fsp3) is 0.462. The SMILES string of the molecule is CC1(C)CN(C(c2ccc(F)cc2)C(F)(F)F)NC1=O. The lowest BCUT2D eigenvalue weighted by molar-refractivity contribution is -0.191. The van der Waals surface area contributed by atoms with E-state index in [1.54, 1.807) is 13.8 Å². The molecule has 1 amide bonds. The summed E-state index contributed by atoms with van der Waals surface area (Å²) in [4.78, 5) is 11.6. The molecule has 110 valence electrons. The molecular weight excluding hydrogens is 276 g/mol. The molecule has 1 fully saturated rings. The molecule has 7 heteroatoms. The summed E-state index contributed by atoms with van der Waals surface area (Å²) in [5.74, 6) is -1.07. The fourth-order valence-electron chi connectivity index (χ4n) is 2.17. The Balaban J connectivity index is 2.35. The van der Waals surface area contributed by atoms with Crippen LogP contribution in [0.1, 0.15) is 25.5 Å². The molecule has 2 rings (SSSR count). The largest absolute Gasteiger partial charge is 0.409 e. The van der Waals surface area contributed by atoms with Crippen LogP contribution in [-0.2, 0) is 4.79 Å². The summed E-state index contributed by atoms with van der Waals surface area (Å²) in [5.41, 5.74) is 1.23. The molecular formula is C13H14F4N2O. The third-order valence-electron chi connectivity index (χ3n) is 3.23. The molecule has 1 atom stereocenters. The quantitative estimate of drug-likeness (QED) is 0.849. The van der Waals surface area contributed by atoms with E-state index < -0.39 is 29.4 Å². The van der Waals surface area contributed by atoms with Gasteiger partial charge in [0.1, 0.15) is 11.9 Å². The Bertz CT molecular complexity index is 510. The summed E-state index contributed by atoms with van der Waals surface area (Å²) < 4.78 is 52.6. The maximum atomic E-state index is 13.3. The Kier molecular flexibility index (Phi) is 3.49. The molecule has 1 aliphatic heterocycles. The third kappa shape index (κ3) is 2.77. The molecule has 1 aromatic rings. The van der Waals surface area contributed by atoms with Gasteiger partial charge in [-0.15, -0.1) is 0 Å². The van der Waals surface area contributed by atoms with Crippen molar-refractivity contribution in [3.8, 4) is 0 Å². The van der Waals surface area contributed by atoms with Crippen LogP contribution in [0, 0.1) is 11.2 Å². The lowest BCUT2D eigenvalue weighted by Crippen LogP contribution is -2.43. The van der Waals surface area contributed by atoms with E-state index in [1.165, 1.54) is 0 Å². The first-order valence-corrected chi connectivity index (χ1v) is 6.01. The van der Waals surface area contributed by atoms with Crippen molar-refractivity contribution in [3.63, 3.8) is 0 Å². The van der Waals surface area contributed by atoms with E-state index in [2.05, 4.69) is 5.43 Å². The van der Waals surface area contributed by atoms with Crippen molar-refractivity contribution in [2.45, 2.75) is 26.1 Å². The number of carbonyl (C=O) groups is 1. The second-order valence-electron chi connectivity index (χ2n) is 5.45. The van der Waals surface area contributed by atoms with Crippen molar-refractivity contribution >= 4 is 5.91 Å². The van der Waals surface area contributed by atoms with Crippen LogP contribution < -0.4 is 5.43 Å². The molecule has 0 bridgehead atoms. The van der Waals surface area contributed by atoms with Gasteiger partial charge in [0.25, 0.3) is 0 Å². The number of nitrogens with one attached hydrogen (secondary N) is 1. The third-order valence-corrected chi connectivity index (χ3v) is 3.23. The van der Waals surface area contributed by atoms with Gasteiger partial charge in [-0.05, 0) is 31.5 Å². The number of halogens is 4. The first-order chi connectivity index (χ1) is 9.11. The van der Waals surface area contributed by atoms with E-state index in [4.69, 9.17) is 0 Å². The maximum Gasteiger partial charge on any atom is 0.409 e. The molecule has 3 nitrogen and oxygen atoms in total. The molecule has 0 saturated carbocycles. The number of carbonyl (C=O) groups excluding carboxylic acids is 1. The highest BCUT2D eigenvalue weighted by atomic mass is 19.4. The molecule has 0 aliphatic carbocycles. The minimum absolute atomic E-state index is 0.0760. The minimum Gasteiger partial charge on any atom is -0.287 e. The standard InChI is InChI=1S/C13H14F4N2O/c1-12(2)7-19(18-11(12)20)10(13(15,16)17)8-3-5-9(14)6-4-8/h3-6,10H,7H2,1-2H3,(H,18,20). The van der Waals surface area contributed by atoms with Gasteiger partial charge in [0.15, 0.2) is 0 Å². The van der Waals surface area contributed by atoms with Crippen molar-refractivity contribution in [2.75, 3.05) is 6.54 Å². The van der Waals surface area contributed by atoms with Crippen molar-refractivity contribution < 1.29 is 22.4 Å². The van der Waals surface area contributed by atoms with Crippen LogP contribution in [0.3, 0.4) is 0 Å². The van der Waals surface area contributed by atoms with Gasteiger partial charge in [-0.3, -0.25) is 10.2 Å². The summed E-state index contributed by atoms with van der Waals surface area (Å²) in [5, 5.41) is 0.857. The van der Waals surface area contributed by atoms with Crippen LogP contribution in [-0.4, -0.2) is 23.6 Å². The lowest BCUT2D eigenvalue weighted by Gasteiger charge is -2.29. The van der Waals surface area contributed by atoms with Crippen molar-refractivity contribution in [2.24, 2.45) is 5.41 Å². The van der Waals surface area contributed by atoms with Gasteiger partial charge < -0.3 is 0 Å². The van der Waals surface area contributed by atoms with Gasteiger partial charge in [-0.1, -0.05) is 12.1 Å². The van der Waals surface area contributed by atoms with Crippen LogP contribution >= 0.6 is 0 Å². The fourth-order valence-corrected chi connectivity index (χ4v) is 2.17. The summed E-state index contributed by atoms with van der Waals surface area (Å²) >= 11 is 0. The van der Waals surface area contributed by atoms with Crippen LogP contribution in [0.5, 0.6) is 0 Å². The van der Waals surface area contributed by atoms with Gasteiger partial charge in [-0.25, -0.2) is 9.40 Å². The van der Waals surface area contributed by atoms with Crippen LogP contribution in [0.2, 0.25) is 0 Å². The molecule has 0 spiro atoms. The molecule has 20 heavy (non-hydrogen) atoms. The van der Waals surface area contributed by atoms with Crippen molar-refractivity contribution in [1.29, 1.82) is 0 Å². The predicted octanol–water partition coefficient (Wildman–Crippen LogP) is 2.80. The van der Waals surface area contributed by atoms with Gasteiger partial charge in [0.05, 0.1) is 5.41 Å². The van der Waals surface area contributed by atoms with E-state index in [0.717, 1.165) is 29.3 Å². The predicted molar refractivity (Wildman–Crippen MR) is 63.8 cm³/mol. The van der Waals surface area contributed by atoms with Crippen molar-refractivity contribution in [1.82, 2.24) is 10.4 Å². The van der Waals surface area contributed by atoms with E-state index in [1.807, 2.05) is 0 Å². The highest BCUT2D eigenvalue weighted by Gasteiger charge is 2.51. The van der Waals surface area contributed by atoms with Crippen LogP contribution in [0.25, 0.3) is 0 Å². The number of hydrogen-bond acceptors (Lipinski definition) is 2. The van der Waals surface area contributed by atoms with Gasteiger partial charge in [0, 0.05) is 6.54 Å². The average molecular weight is 290 g/mol. The summed E-state index contributed by atoms with van der Waals surface area (Å²) in [6.07, 6.45) is -4.58. The van der Waals surface area contributed by atoms with Gasteiger partial charge in [0.2, 0.25) is 5.91 Å². The molecule has 1 saturated heterocycles. The Morgan fingerprint density at radius 2 is 1.80 bits per heavy atom. The van der Waals surface area contributed by atoms with Crippen LogP contribution in [0.15, 0.2) is 24.3 Å². The molecule has 1 N–H and O–H groups in total.